The molecule has 1 aliphatic carbocycles. The molecule has 4 nitrogen and oxygen atoms in total. The molecule has 0 radical (unpaired) electrons. The first kappa shape index (κ1) is 25.4. The van der Waals surface area contributed by atoms with E-state index in [4.69, 9.17) is 14.2 Å². The number of methoxy groups -OCH3 is 2. The van der Waals surface area contributed by atoms with E-state index in [9.17, 15) is 4.79 Å². The zero-order valence-corrected chi connectivity index (χ0v) is 19.4. The molecule has 1 aliphatic rings. The highest BCUT2D eigenvalue weighted by molar-refractivity contribution is 5.96. The van der Waals surface area contributed by atoms with Crippen molar-refractivity contribution in [2.24, 2.45) is 11.8 Å². The van der Waals surface area contributed by atoms with Gasteiger partial charge in [0.05, 0.1) is 13.2 Å². The summed E-state index contributed by atoms with van der Waals surface area (Å²) in [5.41, 5.74) is 4.18. The van der Waals surface area contributed by atoms with Gasteiger partial charge in [0.15, 0.2) is 11.5 Å². The molecule has 0 aliphatic heterocycles. The molecule has 0 N–H and O–H groups in total. The van der Waals surface area contributed by atoms with Gasteiger partial charge in [0.2, 0.25) is 0 Å². The van der Waals surface area contributed by atoms with Crippen molar-refractivity contribution < 1.29 is 19.0 Å². The minimum atomic E-state index is -0.182. The van der Waals surface area contributed by atoms with Crippen LogP contribution in [0.4, 0.5) is 0 Å². The fraction of sp³-hybridized carbons (Fsp3) is 0.640. The van der Waals surface area contributed by atoms with Crippen molar-refractivity contribution in [3.63, 3.8) is 0 Å². The maximum absolute atomic E-state index is 12.5. The quantitative estimate of drug-likeness (QED) is 0.289. The van der Waals surface area contributed by atoms with Crippen LogP contribution >= 0.6 is 0 Å². The number of hydrogen-bond donors (Lipinski definition) is 0. The van der Waals surface area contributed by atoms with Crippen molar-refractivity contribution in [3.05, 3.63) is 46.8 Å². The fourth-order valence-electron chi connectivity index (χ4n) is 3.56. The zero-order valence-electron chi connectivity index (χ0n) is 19.4. The highest BCUT2D eigenvalue weighted by Gasteiger charge is 2.37. The van der Waals surface area contributed by atoms with Gasteiger partial charge in [0.1, 0.15) is 6.79 Å². The van der Waals surface area contributed by atoms with E-state index >= 15 is 0 Å². The topological polar surface area (TPSA) is 44.8 Å². The molecule has 0 saturated heterocycles. The van der Waals surface area contributed by atoms with E-state index in [2.05, 4.69) is 45.9 Å². The predicted molar refractivity (Wildman–Crippen MR) is 120 cm³/mol. The van der Waals surface area contributed by atoms with Gasteiger partial charge in [-0.25, -0.2) is 0 Å². The van der Waals surface area contributed by atoms with Crippen LogP contribution in [0, 0.1) is 11.8 Å². The van der Waals surface area contributed by atoms with E-state index in [0.717, 1.165) is 32.1 Å². The largest absolute Gasteiger partial charge is 0.493 e. The SMILES string of the molecule is COCO[C@H]1C=C(OC)C(=O)[C@H](C)[C@H]1C/C=C(\C)CC/C=C(\C)CCC=C(C)C. The molecule has 0 aromatic carbocycles. The minimum Gasteiger partial charge on any atom is -0.493 e. The van der Waals surface area contributed by atoms with E-state index in [-0.39, 0.29) is 30.5 Å². The molecule has 0 heterocycles. The Bertz CT molecular complexity index is 635. The van der Waals surface area contributed by atoms with Crippen LogP contribution in [0.5, 0.6) is 0 Å². The van der Waals surface area contributed by atoms with Crippen LogP contribution in [0.25, 0.3) is 0 Å². The molecule has 0 fully saturated rings. The third-order valence-electron chi connectivity index (χ3n) is 5.50. The standard InChI is InChI=1S/C25H40O4/c1-18(2)10-8-11-19(3)12-9-13-20(4)14-15-22-21(5)25(26)24(28-7)16-23(22)29-17-27-6/h10,12,14,16,21-23H,8-9,11,13,15,17H2,1-7H3/b19-12+,20-14+/t21-,22-,23+/m1/s1. The molecule has 0 amide bonds. The maximum Gasteiger partial charge on any atom is 0.200 e. The van der Waals surface area contributed by atoms with Crippen LogP contribution < -0.4 is 0 Å². The number of carbonyl (C=O) groups is 1. The van der Waals surface area contributed by atoms with Crippen LogP contribution in [-0.4, -0.2) is 32.9 Å². The summed E-state index contributed by atoms with van der Waals surface area (Å²) >= 11 is 0. The second kappa shape index (κ2) is 13.6. The highest BCUT2D eigenvalue weighted by atomic mass is 16.7. The average Bonchev–Trinajstić information content (AvgIpc) is 2.67. The lowest BCUT2D eigenvalue weighted by Crippen LogP contribution is -2.38. The van der Waals surface area contributed by atoms with Crippen molar-refractivity contribution in [2.75, 3.05) is 21.0 Å². The lowest BCUT2D eigenvalue weighted by molar-refractivity contribution is -0.131. The number of Topliss-reactive ketones (excluding diaryl/α,β-unsaturated/α-hetero) is 1. The summed E-state index contributed by atoms with van der Waals surface area (Å²) in [7, 11) is 3.13. The summed E-state index contributed by atoms with van der Waals surface area (Å²) in [5, 5.41) is 0. The van der Waals surface area contributed by atoms with E-state index in [1.54, 1.807) is 13.2 Å². The summed E-state index contributed by atoms with van der Waals surface area (Å²) in [6.45, 7) is 10.8. The average molecular weight is 405 g/mol. The monoisotopic (exact) mass is 404 g/mol. The highest BCUT2D eigenvalue weighted by Crippen LogP contribution is 2.32. The Morgan fingerprint density at radius 1 is 1.00 bits per heavy atom. The van der Waals surface area contributed by atoms with Gasteiger partial charge in [-0.2, -0.15) is 0 Å². The predicted octanol–water partition coefficient (Wildman–Crippen LogP) is 6.15. The molecule has 0 saturated carbocycles. The molecule has 0 bridgehead atoms. The van der Waals surface area contributed by atoms with Crippen LogP contribution in [-0.2, 0) is 19.0 Å². The smallest absolute Gasteiger partial charge is 0.200 e. The lowest BCUT2D eigenvalue weighted by Gasteiger charge is -2.33. The Balaban J connectivity index is 2.64. The van der Waals surface area contributed by atoms with E-state index in [1.165, 1.54) is 23.8 Å². The molecule has 1 rings (SSSR count). The Hall–Kier alpha value is -1.65. The van der Waals surface area contributed by atoms with Crippen LogP contribution in [0.3, 0.4) is 0 Å². The number of carbonyl (C=O) groups excluding carboxylic acids is 1. The Morgan fingerprint density at radius 2 is 1.62 bits per heavy atom. The maximum atomic E-state index is 12.5. The number of hydrogen-bond acceptors (Lipinski definition) is 4. The number of ketones is 1. The molecule has 0 aromatic rings. The second-order valence-corrected chi connectivity index (χ2v) is 8.29. The second-order valence-electron chi connectivity index (χ2n) is 8.29. The van der Waals surface area contributed by atoms with Gasteiger partial charge < -0.3 is 14.2 Å². The summed E-state index contributed by atoms with van der Waals surface area (Å²) in [4.78, 5) is 12.5. The molecule has 3 atom stereocenters. The minimum absolute atomic E-state index is 0.0516. The Labute approximate surface area is 177 Å². The molecule has 0 spiro atoms. The number of allylic oxidation sites excluding steroid dienone is 7. The van der Waals surface area contributed by atoms with Crippen molar-refractivity contribution in [1.29, 1.82) is 0 Å². The van der Waals surface area contributed by atoms with Gasteiger partial charge >= 0.3 is 0 Å². The molecule has 0 unspecified atom stereocenters. The molecular weight excluding hydrogens is 364 g/mol. The summed E-state index contributed by atoms with van der Waals surface area (Å²) < 4.78 is 16.1. The molecular formula is C25H40O4. The molecule has 0 aromatic heterocycles. The van der Waals surface area contributed by atoms with Crippen molar-refractivity contribution in [3.8, 4) is 0 Å². The summed E-state index contributed by atoms with van der Waals surface area (Å²) in [5.74, 6) is 0.394. The van der Waals surface area contributed by atoms with Crippen molar-refractivity contribution in [1.82, 2.24) is 0 Å². The van der Waals surface area contributed by atoms with Gasteiger partial charge in [-0.15, -0.1) is 0 Å². The van der Waals surface area contributed by atoms with Gasteiger partial charge in [-0.1, -0.05) is 41.9 Å². The van der Waals surface area contributed by atoms with Gasteiger partial charge in [-0.3, -0.25) is 4.79 Å². The van der Waals surface area contributed by atoms with Crippen LogP contribution in [0.15, 0.2) is 46.8 Å². The number of rotatable bonds is 12. The molecule has 4 heteroatoms. The fourth-order valence-corrected chi connectivity index (χ4v) is 3.56. The third-order valence-corrected chi connectivity index (χ3v) is 5.50. The Morgan fingerprint density at radius 3 is 2.21 bits per heavy atom. The van der Waals surface area contributed by atoms with E-state index in [0.29, 0.717) is 5.76 Å². The van der Waals surface area contributed by atoms with Crippen molar-refractivity contribution in [2.45, 2.75) is 72.8 Å². The number of ether oxygens (including phenoxy) is 3. The first-order valence-corrected chi connectivity index (χ1v) is 10.6. The van der Waals surface area contributed by atoms with Gasteiger partial charge in [0, 0.05) is 18.9 Å². The zero-order chi connectivity index (χ0) is 21.8. The first-order valence-electron chi connectivity index (χ1n) is 10.6. The summed E-state index contributed by atoms with van der Waals surface area (Å²) in [6, 6.07) is 0. The lowest BCUT2D eigenvalue weighted by atomic mass is 9.78. The van der Waals surface area contributed by atoms with Crippen molar-refractivity contribution >= 4 is 5.78 Å². The van der Waals surface area contributed by atoms with Crippen LogP contribution in [0.2, 0.25) is 0 Å². The van der Waals surface area contributed by atoms with E-state index in [1.807, 2.05) is 6.92 Å². The third kappa shape index (κ3) is 9.14. The van der Waals surface area contributed by atoms with Gasteiger partial charge in [-0.05, 0) is 65.9 Å². The van der Waals surface area contributed by atoms with E-state index < -0.39 is 0 Å². The van der Waals surface area contributed by atoms with Gasteiger partial charge in [0.25, 0.3) is 0 Å². The normalized spacial score (nSPS) is 23.1. The Kier molecular flexibility index (Phi) is 11.9. The molecule has 29 heavy (non-hydrogen) atoms. The van der Waals surface area contributed by atoms with Crippen LogP contribution in [0.1, 0.15) is 66.7 Å². The summed E-state index contributed by atoms with van der Waals surface area (Å²) in [6.07, 6.45) is 13.7. The first-order chi connectivity index (χ1) is 13.8. The molecule has 164 valence electrons.